The largest absolute Gasteiger partial charge is 0.493 e. The average molecular weight is 447 g/mol. The lowest BCUT2D eigenvalue weighted by molar-refractivity contribution is -0.143. The van der Waals surface area contributed by atoms with E-state index in [1.807, 2.05) is 30.4 Å². The maximum absolute atomic E-state index is 11.9. The number of hydrogen-bond donors (Lipinski definition) is 0. The van der Waals surface area contributed by atoms with Gasteiger partial charge in [0.2, 0.25) is 0 Å². The van der Waals surface area contributed by atoms with E-state index in [4.69, 9.17) is 14.2 Å². The second-order valence-electron chi connectivity index (χ2n) is 8.52. The van der Waals surface area contributed by atoms with Crippen LogP contribution in [0.1, 0.15) is 109 Å². The van der Waals surface area contributed by atoms with Crippen molar-refractivity contribution in [3.05, 3.63) is 29.8 Å². The van der Waals surface area contributed by atoms with Crippen LogP contribution >= 0.6 is 0 Å². The first-order valence-corrected chi connectivity index (χ1v) is 12.8. The Hall–Kier alpha value is -1.97. The molecule has 0 spiro atoms. The van der Waals surface area contributed by atoms with Crippen LogP contribution in [0.25, 0.3) is 6.08 Å². The van der Waals surface area contributed by atoms with Gasteiger partial charge in [-0.25, -0.2) is 0 Å². The molecule has 32 heavy (non-hydrogen) atoms. The maximum Gasteiger partial charge on any atom is 0.305 e. The first-order valence-electron chi connectivity index (χ1n) is 12.8. The van der Waals surface area contributed by atoms with Crippen LogP contribution in [-0.4, -0.2) is 26.8 Å². The van der Waals surface area contributed by atoms with Crippen molar-refractivity contribution >= 4 is 12.0 Å². The molecule has 0 radical (unpaired) electrons. The fourth-order valence-corrected chi connectivity index (χ4v) is 3.78. The standard InChI is InChI=1S/C28H46O4/c1-4-5-6-7-8-9-10-11-12-13-14-15-16-20-28(29)32-23-18-17-19-25-21-22-26(30-2)27(24-25)31-3/h17,19,21-22,24H,4-16,18,20,23H2,1-3H3/b19-17+. The van der Waals surface area contributed by atoms with Gasteiger partial charge in [-0.3, -0.25) is 4.79 Å². The molecule has 0 aliphatic carbocycles. The summed E-state index contributed by atoms with van der Waals surface area (Å²) in [6.45, 7) is 2.70. The van der Waals surface area contributed by atoms with Gasteiger partial charge in [0, 0.05) is 6.42 Å². The van der Waals surface area contributed by atoms with E-state index in [2.05, 4.69) is 6.92 Å². The number of benzene rings is 1. The van der Waals surface area contributed by atoms with Crippen molar-refractivity contribution < 1.29 is 19.0 Å². The van der Waals surface area contributed by atoms with Gasteiger partial charge in [0.15, 0.2) is 11.5 Å². The van der Waals surface area contributed by atoms with E-state index in [9.17, 15) is 4.79 Å². The van der Waals surface area contributed by atoms with Crippen LogP contribution in [0.2, 0.25) is 0 Å². The van der Waals surface area contributed by atoms with E-state index >= 15 is 0 Å². The smallest absolute Gasteiger partial charge is 0.305 e. The molecule has 0 fully saturated rings. The summed E-state index contributed by atoms with van der Waals surface area (Å²) < 4.78 is 15.9. The third-order valence-electron chi connectivity index (χ3n) is 5.75. The van der Waals surface area contributed by atoms with Gasteiger partial charge in [-0.05, 0) is 30.5 Å². The minimum atomic E-state index is -0.0763. The Morgan fingerprint density at radius 1 is 0.781 bits per heavy atom. The summed E-state index contributed by atoms with van der Waals surface area (Å²) in [5, 5.41) is 0. The number of ether oxygens (including phenoxy) is 3. The van der Waals surface area contributed by atoms with E-state index in [0.29, 0.717) is 30.9 Å². The van der Waals surface area contributed by atoms with Crippen LogP contribution in [0.4, 0.5) is 0 Å². The van der Waals surface area contributed by atoms with Gasteiger partial charge in [0.25, 0.3) is 0 Å². The van der Waals surface area contributed by atoms with Crippen LogP contribution < -0.4 is 9.47 Å². The average Bonchev–Trinajstić information content (AvgIpc) is 2.81. The number of esters is 1. The van der Waals surface area contributed by atoms with Crippen molar-refractivity contribution in [3.63, 3.8) is 0 Å². The Morgan fingerprint density at radius 3 is 1.91 bits per heavy atom. The Kier molecular flexibility index (Phi) is 17.3. The van der Waals surface area contributed by atoms with Crippen LogP contribution in [0, 0.1) is 0 Å². The molecule has 0 amide bonds. The lowest BCUT2D eigenvalue weighted by atomic mass is 10.0. The van der Waals surface area contributed by atoms with E-state index < -0.39 is 0 Å². The van der Waals surface area contributed by atoms with Gasteiger partial charge in [-0.1, -0.05) is 102 Å². The molecule has 0 saturated heterocycles. The fraction of sp³-hybridized carbons (Fsp3) is 0.679. The number of carbonyl (C=O) groups excluding carboxylic acids is 1. The highest BCUT2D eigenvalue weighted by Crippen LogP contribution is 2.28. The Bertz CT molecular complexity index is 624. The minimum absolute atomic E-state index is 0.0763. The molecule has 4 nitrogen and oxygen atoms in total. The maximum atomic E-state index is 11.9. The third kappa shape index (κ3) is 14.2. The summed E-state index contributed by atoms with van der Waals surface area (Å²) in [4.78, 5) is 11.9. The number of carbonyl (C=O) groups is 1. The van der Waals surface area contributed by atoms with Gasteiger partial charge in [0.1, 0.15) is 0 Å². The van der Waals surface area contributed by atoms with Crippen molar-refractivity contribution in [1.82, 2.24) is 0 Å². The van der Waals surface area contributed by atoms with Gasteiger partial charge < -0.3 is 14.2 Å². The van der Waals surface area contributed by atoms with Crippen LogP contribution in [-0.2, 0) is 9.53 Å². The number of unbranched alkanes of at least 4 members (excludes halogenated alkanes) is 12. The first kappa shape index (κ1) is 28.1. The first-order chi connectivity index (χ1) is 15.7. The topological polar surface area (TPSA) is 44.8 Å². The fourth-order valence-electron chi connectivity index (χ4n) is 3.78. The van der Waals surface area contributed by atoms with E-state index in [-0.39, 0.29) is 5.97 Å². The second-order valence-corrected chi connectivity index (χ2v) is 8.52. The number of rotatable bonds is 20. The normalized spacial score (nSPS) is 11.1. The van der Waals surface area contributed by atoms with Crippen molar-refractivity contribution in [2.24, 2.45) is 0 Å². The molecule has 1 aromatic rings. The lowest BCUT2D eigenvalue weighted by Gasteiger charge is -2.07. The van der Waals surface area contributed by atoms with Crippen molar-refractivity contribution in [2.75, 3.05) is 20.8 Å². The molecular weight excluding hydrogens is 400 g/mol. The summed E-state index contributed by atoms with van der Waals surface area (Å²) in [5.41, 5.74) is 1.03. The van der Waals surface area contributed by atoms with Crippen molar-refractivity contribution in [3.8, 4) is 11.5 Å². The summed E-state index contributed by atoms with van der Waals surface area (Å²) in [6.07, 6.45) is 22.3. The quantitative estimate of drug-likeness (QED) is 0.150. The van der Waals surface area contributed by atoms with E-state index in [0.717, 1.165) is 18.4 Å². The molecule has 182 valence electrons. The molecule has 1 rings (SSSR count). The van der Waals surface area contributed by atoms with Crippen LogP contribution in [0.5, 0.6) is 11.5 Å². The zero-order chi connectivity index (χ0) is 23.3. The number of hydrogen-bond acceptors (Lipinski definition) is 4. The Labute approximate surface area is 196 Å². The van der Waals surface area contributed by atoms with Gasteiger partial charge in [-0.15, -0.1) is 0 Å². The highest BCUT2D eigenvalue weighted by molar-refractivity contribution is 5.69. The van der Waals surface area contributed by atoms with Crippen LogP contribution in [0.15, 0.2) is 24.3 Å². The Morgan fingerprint density at radius 2 is 1.34 bits per heavy atom. The van der Waals surface area contributed by atoms with Crippen molar-refractivity contribution in [2.45, 2.75) is 103 Å². The van der Waals surface area contributed by atoms with Crippen LogP contribution in [0.3, 0.4) is 0 Å². The highest BCUT2D eigenvalue weighted by Gasteiger charge is 2.03. The predicted molar refractivity (Wildman–Crippen MR) is 134 cm³/mol. The van der Waals surface area contributed by atoms with Gasteiger partial charge in [0.05, 0.1) is 20.8 Å². The molecule has 0 aliphatic rings. The second kappa shape index (κ2) is 19.7. The Balaban J connectivity index is 1.95. The molecule has 0 aromatic heterocycles. The molecule has 0 heterocycles. The molecule has 0 saturated carbocycles. The van der Waals surface area contributed by atoms with E-state index in [1.54, 1.807) is 14.2 Å². The van der Waals surface area contributed by atoms with Gasteiger partial charge in [-0.2, -0.15) is 0 Å². The minimum Gasteiger partial charge on any atom is -0.493 e. The summed E-state index contributed by atoms with van der Waals surface area (Å²) >= 11 is 0. The molecule has 0 aliphatic heterocycles. The molecular formula is C28H46O4. The van der Waals surface area contributed by atoms with Crippen molar-refractivity contribution in [1.29, 1.82) is 0 Å². The zero-order valence-corrected chi connectivity index (χ0v) is 20.8. The molecule has 1 aromatic carbocycles. The van der Waals surface area contributed by atoms with E-state index in [1.165, 1.54) is 70.6 Å². The summed E-state index contributed by atoms with van der Waals surface area (Å²) in [5.74, 6) is 1.35. The monoisotopic (exact) mass is 446 g/mol. The molecule has 0 unspecified atom stereocenters. The van der Waals surface area contributed by atoms with Gasteiger partial charge >= 0.3 is 5.97 Å². The summed E-state index contributed by atoms with van der Waals surface area (Å²) in [7, 11) is 3.25. The zero-order valence-electron chi connectivity index (χ0n) is 20.8. The number of methoxy groups -OCH3 is 2. The third-order valence-corrected chi connectivity index (χ3v) is 5.75. The molecule has 4 heteroatoms. The predicted octanol–water partition coefficient (Wildman–Crippen LogP) is 8.13. The molecule has 0 atom stereocenters. The SMILES string of the molecule is CCCCCCCCCCCCCCCC(=O)OCC/C=C/c1ccc(OC)c(OC)c1. The summed E-state index contributed by atoms with van der Waals surface area (Å²) in [6, 6.07) is 5.78. The molecule has 0 N–H and O–H groups in total. The highest BCUT2D eigenvalue weighted by atomic mass is 16.5. The lowest BCUT2D eigenvalue weighted by Crippen LogP contribution is -2.04. The molecule has 0 bridgehead atoms.